The summed E-state index contributed by atoms with van der Waals surface area (Å²) in [5, 5.41) is 9.74. The highest BCUT2D eigenvalue weighted by Gasteiger charge is 2.13. The van der Waals surface area contributed by atoms with Crippen LogP contribution in [0.25, 0.3) is 0 Å². The fourth-order valence-corrected chi connectivity index (χ4v) is 2.05. The average molecular weight is 331 g/mol. The standard InChI is InChI=1S/C18H25N3O3/c1-18(2,3)8-9-19-17(22)16-10-13(20-21-16)12-24-15-7-5-6-14(11-15)23-4/h5-7,10-11H,8-9,12H2,1-4H3,(H,19,22)(H,20,21). The molecule has 2 N–H and O–H groups in total. The van der Waals surface area contributed by atoms with Gasteiger partial charge in [0, 0.05) is 12.6 Å². The predicted octanol–water partition coefficient (Wildman–Crippen LogP) is 3.16. The van der Waals surface area contributed by atoms with Crippen LogP contribution < -0.4 is 14.8 Å². The van der Waals surface area contributed by atoms with Crippen molar-refractivity contribution in [1.29, 1.82) is 0 Å². The van der Waals surface area contributed by atoms with Crippen LogP contribution in [0.3, 0.4) is 0 Å². The average Bonchev–Trinajstić information content (AvgIpc) is 3.01. The van der Waals surface area contributed by atoms with E-state index >= 15 is 0 Å². The minimum atomic E-state index is -0.178. The molecule has 0 fully saturated rings. The van der Waals surface area contributed by atoms with Crippen molar-refractivity contribution in [2.75, 3.05) is 13.7 Å². The summed E-state index contributed by atoms with van der Waals surface area (Å²) in [6.45, 7) is 7.35. The first-order chi connectivity index (χ1) is 11.4. The molecule has 1 heterocycles. The number of H-pyrrole nitrogens is 1. The number of amides is 1. The first kappa shape index (κ1) is 17.8. The molecule has 0 unspecified atom stereocenters. The number of ether oxygens (including phenoxy) is 2. The van der Waals surface area contributed by atoms with Gasteiger partial charge in [0.1, 0.15) is 23.8 Å². The van der Waals surface area contributed by atoms with Crippen LogP contribution in [0.15, 0.2) is 30.3 Å². The van der Waals surface area contributed by atoms with Gasteiger partial charge in [0.05, 0.1) is 12.8 Å². The zero-order valence-corrected chi connectivity index (χ0v) is 14.7. The zero-order valence-electron chi connectivity index (χ0n) is 14.7. The molecule has 6 heteroatoms. The number of benzene rings is 1. The van der Waals surface area contributed by atoms with Gasteiger partial charge in [-0.1, -0.05) is 26.8 Å². The number of nitrogens with zero attached hydrogens (tertiary/aromatic N) is 1. The largest absolute Gasteiger partial charge is 0.497 e. The molecule has 0 spiro atoms. The van der Waals surface area contributed by atoms with Gasteiger partial charge in [-0.25, -0.2) is 0 Å². The van der Waals surface area contributed by atoms with Crippen molar-refractivity contribution in [3.8, 4) is 11.5 Å². The van der Waals surface area contributed by atoms with E-state index in [4.69, 9.17) is 9.47 Å². The van der Waals surface area contributed by atoms with Crippen molar-refractivity contribution in [3.05, 3.63) is 41.7 Å². The summed E-state index contributed by atoms with van der Waals surface area (Å²) in [7, 11) is 1.61. The molecule has 1 aromatic carbocycles. The van der Waals surface area contributed by atoms with Gasteiger partial charge >= 0.3 is 0 Å². The van der Waals surface area contributed by atoms with Crippen LogP contribution in [0, 0.1) is 5.41 Å². The van der Waals surface area contributed by atoms with Gasteiger partial charge in [-0.15, -0.1) is 0 Å². The topological polar surface area (TPSA) is 76.2 Å². The molecule has 6 nitrogen and oxygen atoms in total. The van der Waals surface area contributed by atoms with Crippen molar-refractivity contribution >= 4 is 5.91 Å². The Hall–Kier alpha value is -2.50. The Bertz CT molecular complexity index is 674. The Balaban J connectivity index is 1.85. The minimum Gasteiger partial charge on any atom is -0.497 e. The van der Waals surface area contributed by atoms with Crippen molar-refractivity contribution in [3.63, 3.8) is 0 Å². The molecule has 0 aliphatic heterocycles. The van der Waals surface area contributed by atoms with Crippen LogP contribution in [0.1, 0.15) is 43.4 Å². The summed E-state index contributed by atoms with van der Waals surface area (Å²) in [6.07, 6.45) is 0.912. The molecule has 0 saturated carbocycles. The van der Waals surface area contributed by atoms with Gasteiger partial charge in [-0.3, -0.25) is 9.89 Å². The van der Waals surface area contributed by atoms with Crippen molar-refractivity contribution in [2.45, 2.75) is 33.8 Å². The first-order valence-electron chi connectivity index (χ1n) is 7.97. The summed E-state index contributed by atoms with van der Waals surface area (Å²) in [5.74, 6) is 1.25. The molecule has 1 amide bonds. The highest BCUT2D eigenvalue weighted by atomic mass is 16.5. The molecule has 0 saturated heterocycles. The quantitative estimate of drug-likeness (QED) is 0.817. The van der Waals surface area contributed by atoms with E-state index in [1.807, 2.05) is 18.2 Å². The number of rotatable bonds is 7. The number of carbonyl (C=O) groups excluding carboxylic acids is 1. The molecule has 0 atom stereocenters. The fourth-order valence-electron chi connectivity index (χ4n) is 2.05. The lowest BCUT2D eigenvalue weighted by atomic mass is 9.92. The zero-order chi connectivity index (χ0) is 17.6. The Morgan fingerprint density at radius 3 is 2.71 bits per heavy atom. The molecule has 2 aromatic rings. The normalized spacial score (nSPS) is 11.2. The Morgan fingerprint density at radius 2 is 2.00 bits per heavy atom. The smallest absolute Gasteiger partial charge is 0.271 e. The van der Waals surface area contributed by atoms with E-state index < -0.39 is 0 Å². The van der Waals surface area contributed by atoms with Gasteiger partial charge in [-0.05, 0) is 30.0 Å². The van der Waals surface area contributed by atoms with Crippen molar-refractivity contribution < 1.29 is 14.3 Å². The van der Waals surface area contributed by atoms with Gasteiger partial charge in [-0.2, -0.15) is 5.10 Å². The number of aromatic nitrogens is 2. The summed E-state index contributed by atoms with van der Waals surface area (Å²) in [6, 6.07) is 9.06. The SMILES string of the molecule is COc1cccc(OCc2cc(C(=O)NCCC(C)(C)C)n[nH]2)c1. The second-order valence-corrected chi connectivity index (χ2v) is 6.81. The molecule has 0 bridgehead atoms. The lowest BCUT2D eigenvalue weighted by Gasteiger charge is -2.17. The molecule has 0 aliphatic carbocycles. The van der Waals surface area contributed by atoms with E-state index in [2.05, 4.69) is 36.3 Å². The molecular weight excluding hydrogens is 306 g/mol. The lowest BCUT2D eigenvalue weighted by molar-refractivity contribution is 0.0944. The lowest BCUT2D eigenvalue weighted by Crippen LogP contribution is -2.27. The Kier molecular flexibility index (Phi) is 5.84. The molecule has 0 radical (unpaired) electrons. The van der Waals surface area contributed by atoms with Crippen molar-refractivity contribution in [2.24, 2.45) is 5.41 Å². The van der Waals surface area contributed by atoms with E-state index in [0.717, 1.165) is 17.9 Å². The van der Waals surface area contributed by atoms with Gasteiger partial charge < -0.3 is 14.8 Å². The summed E-state index contributed by atoms with van der Waals surface area (Å²) < 4.78 is 10.8. The minimum absolute atomic E-state index is 0.178. The third kappa shape index (κ3) is 5.61. The van der Waals surface area contributed by atoms with E-state index in [1.54, 1.807) is 19.2 Å². The first-order valence-corrected chi connectivity index (χ1v) is 7.97. The number of aromatic amines is 1. The number of carbonyl (C=O) groups is 1. The van der Waals surface area contributed by atoms with Gasteiger partial charge in [0.25, 0.3) is 5.91 Å². The van der Waals surface area contributed by atoms with E-state index in [9.17, 15) is 4.79 Å². The molecule has 24 heavy (non-hydrogen) atoms. The predicted molar refractivity (Wildman–Crippen MR) is 92.3 cm³/mol. The Labute approximate surface area is 142 Å². The second-order valence-electron chi connectivity index (χ2n) is 6.81. The molecular formula is C18H25N3O3. The van der Waals surface area contributed by atoms with Crippen LogP contribution in [-0.2, 0) is 6.61 Å². The number of hydrogen-bond donors (Lipinski definition) is 2. The van der Waals surface area contributed by atoms with E-state index in [-0.39, 0.29) is 11.3 Å². The molecule has 0 aliphatic rings. The maximum atomic E-state index is 12.1. The number of methoxy groups -OCH3 is 1. The van der Waals surface area contributed by atoms with E-state index in [0.29, 0.717) is 24.6 Å². The Morgan fingerprint density at radius 1 is 1.25 bits per heavy atom. The highest BCUT2D eigenvalue weighted by molar-refractivity contribution is 5.92. The maximum Gasteiger partial charge on any atom is 0.271 e. The monoisotopic (exact) mass is 331 g/mol. The van der Waals surface area contributed by atoms with Crippen LogP contribution in [0.4, 0.5) is 0 Å². The van der Waals surface area contributed by atoms with Gasteiger partial charge in [0.2, 0.25) is 0 Å². The van der Waals surface area contributed by atoms with Crippen LogP contribution in [0.2, 0.25) is 0 Å². The molecule has 2 rings (SSSR count). The van der Waals surface area contributed by atoms with Crippen LogP contribution in [0.5, 0.6) is 11.5 Å². The molecule has 130 valence electrons. The third-order valence-corrected chi connectivity index (χ3v) is 3.46. The fraction of sp³-hybridized carbons (Fsp3) is 0.444. The van der Waals surface area contributed by atoms with Crippen LogP contribution in [-0.4, -0.2) is 29.8 Å². The second kappa shape index (κ2) is 7.86. The summed E-state index contributed by atoms with van der Waals surface area (Å²) in [4.78, 5) is 12.1. The summed E-state index contributed by atoms with van der Waals surface area (Å²) >= 11 is 0. The van der Waals surface area contributed by atoms with E-state index in [1.165, 1.54) is 0 Å². The summed E-state index contributed by atoms with van der Waals surface area (Å²) in [5.41, 5.74) is 1.29. The highest BCUT2D eigenvalue weighted by Crippen LogP contribution is 2.20. The maximum absolute atomic E-state index is 12.1. The number of hydrogen-bond acceptors (Lipinski definition) is 4. The van der Waals surface area contributed by atoms with Crippen molar-refractivity contribution in [1.82, 2.24) is 15.5 Å². The van der Waals surface area contributed by atoms with Crippen LogP contribution >= 0.6 is 0 Å². The molecule has 1 aromatic heterocycles. The number of nitrogens with one attached hydrogen (secondary N) is 2. The third-order valence-electron chi connectivity index (χ3n) is 3.46. The van der Waals surface area contributed by atoms with Gasteiger partial charge in [0.15, 0.2) is 0 Å².